The van der Waals surface area contributed by atoms with Crippen LogP contribution in [0.4, 0.5) is 5.69 Å². The van der Waals surface area contributed by atoms with E-state index in [9.17, 15) is 10.1 Å². The number of methoxy groups -OCH3 is 1. The molecular formula is C16H15N3O2. The number of benzene rings is 1. The van der Waals surface area contributed by atoms with E-state index in [1.54, 1.807) is 55.9 Å². The molecule has 0 unspecified atom stereocenters. The van der Waals surface area contributed by atoms with Crippen molar-refractivity contribution in [3.63, 3.8) is 0 Å². The highest BCUT2D eigenvalue weighted by Crippen LogP contribution is 2.16. The van der Waals surface area contributed by atoms with Crippen molar-refractivity contribution < 1.29 is 9.53 Å². The molecule has 5 heteroatoms. The summed E-state index contributed by atoms with van der Waals surface area (Å²) in [6.45, 7) is 0. The number of anilines is 1. The number of carbonyl (C=O) groups excluding carboxylic acids is 1. The lowest BCUT2D eigenvalue weighted by Crippen LogP contribution is -2.23. The SMILES string of the molecule is COc1ccc(NC(=O)[C@@H](C#N)Cc2ccncc2)cc1. The zero-order valence-electron chi connectivity index (χ0n) is 11.6. The Bertz CT molecular complexity index is 633. The minimum Gasteiger partial charge on any atom is -0.497 e. The predicted molar refractivity (Wildman–Crippen MR) is 78.7 cm³/mol. The standard InChI is InChI=1S/C16H15N3O2/c1-21-15-4-2-14(3-5-15)19-16(20)13(11-17)10-12-6-8-18-9-7-12/h2-9,13H,10H2,1H3,(H,19,20)/t13-/m1/s1. The number of hydrogen-bond donors (Lipinski definition) is 1. The molecule has 0 spiro atoms. The Hall–Kier alpha value is -2.87. The summed E-state index contributed by atoms with van der Waals surface area (Å²) < 4.78 is 5.05. The fourth-order valence-corrected chi connectivity index (χ4v) is 1.86. The molecule has 2 rings (SSSR count). The molecule has 21 heavy (non-hydrogen) atoms. The van der Waals surface area contributed by atoms with Gasteiger partial charge in [0.15, 0.2) is 0 Å². The van der Waals surface area contributed by atoms with Crippen LogP contribution in [-0.4, -0.2) is 18.0 Å². The van der Waals surface area contributed by atoms with E-state index in [1.807, 2.05) is 6.07 Å². The van der Waals surface area contributed by atoms with Gasteiger partial charge in [-0.15, -0.1) is 0 Å². The first-order valence-electron chi connectivity index (χ1n) is 6.46. The summed E-state index contributed by atoms with van der Waals surface area (Å²) in [5, 5.41) is 11.9. The average molecular weight is 281 g/mol. The van der Waals surface area contributed by atoms with E-state index in [4.69, 9.17) is 4.74 Å². The number of aromatic nitrogens is 1. The van der Waals surface area contributed by atoms with Crippen LogP contribution in [0.15, 0.2) is 48.8 Å². The average Bonchev–Trinajstić information content (AvgIpc) is 2.54. The van der Waals surface area contributed by atoms with Gasteiger partial charge in [0, 0.05) is 18.1 Å². The number of nitrogens with zero attached hydrogens (tertiary/aromatic N) is 2. The monoisotopic (exact) mass is 281 g/mol. The van der Waals surface area contributed by atoms with Crippen LogP contribution in [-0.2, 0) is 11.2 Å². The number of pyridine rings is 1. The third-order valence-corrected chi connectivity index (χ3v) is 3.02. The Morgan fingerprint density at radius 3 is 2.52 bits per heavy atom. The normalized spacial score (nSPS) is 11.2. The first kappa shape index (κ1) is 14.5. The van der Waals surface area contributed by atoms with Gasteiger partial charge in [-0.1, -0.05) is 0 Å². The molecule has 1 heterocycles. The van der Waals surface area contributed by atoms with Gasteiger partial charge in [0.25, 0.3) is 0 Å². The third-order valence-electron chi connectivity index (χ3n) is 3.02. The van der Waals surface area contributed by atoms with E-state index in [1.165, 1.54) is 0 Å². The summed E-state index contributed by atoms with van der Waals surface area (Å²) in [5.41, 5.74) is 1.54. The fourth-order valence-electron chi connectivity index (χ4n) is 1.86. The maximum atomic E-state index is 12.1. The summed E-state index contributed by atoms with van der Waals surface area (Å²) in [6.07, 6.45) is 3.65. The molecule has 0 aliphatic heterocycles. The van der Waals surface area contributed by atoms with E-state index >= 15 is 0 Å². The Balaban J connectivity index is 2.01. The van der Waals surface area contributed by atoms with Crippen molar-refractivity contribution in [2.24, 2.45) is 5.92 Å². The van der Waals surface area contributed by atoms with E-state index < -0.39 is 5.92 Å². The Morgan fingerprint density at radius 2 is 1.95 bits per heavy atom. The molecule has 2 aromatic rings. The second kappa shape index (κ2) is 7.06. The number of nitrogens with one attached hydrogen (secondary N) is 1. The van der Waals surface area contributed by atoms with Crippen LogP contribution in [0.5, 0.6) is 5.75 Å². The number of rotatable bonds is 5. The molecule has 0 aliphatic rings. The lowest BCUT2D eigenvalue weighted by molar-refractivity contribution is -0.118. The molecular weight excluding hydrogens is 266 g/mol. The van der Waals surface area contributed by atoms with Gasteiger partial charge in [0.2, 0.25) is 5.91 Å². The van der Waals surface area contributed by atoms with Crippen LogP contribution >= 0.6 is 0 Å². The van der Waals surface area contributed by atoms with Crippen LogP contribution in [0.25, 0.3) is 0 Å². The maximum Gasteiger partial charge on any atom is 0.242 e. The quantitative estimate of drug-likeness (QED) is 0.913. The Morgan fingerprint density at radius 1 is 1.29 bits per heavy atom. The zero-order valence-corrected chi connectivity index (χ0v) is 11.6. The summed E-state index contributed by atoms with van der Waals surface area (Å²) >= 11 is 0. The van der Waals surface area contributed by atoms with Crippen LogP contribution in [0.1, 0.15) is 5.56 Å². The molecule has 0 radical (unpaired) electrons. The van der Waals surface area contributed by atoms with E-state index in [0.29, 0.717) is 17.9 Å². The van der Waals surface area contributed by atoms with Crippen LogP contribution in [0.2, 0.25) is 0 Å². The van der Waals surface area contributed by atoms with E-state index in [2.05, 4.69) is 10.3 Å². The molecule has 0 saturated heterocycles. The highest BCUT2D eigenvalue weighted by atomic mass is 16.5. The molecule has 1 N–H and O–H groups in total. The number of hydrogen-bond acceptors (Lipinski definition) is 4. The number of carbonyl (C=O) groups is 1. The van der Waals surface area contributed by atoms with E-state index in [-0.39, 0.29) is 5.91 Å². The Kier molecular flexibility index (Phi) is 4.89. The molecule has 0 fully saturated rings. The minimum absolute atomic E-state index is 0.320. The maximum absolute atomic E-state index is 12.1. The molecule has 0 saturated carbocycles. The van der Waals surface area contributed by atoms with Gasteiger partial charge in [-0.05, 0) is 48.4 Å². The lowest BCUT2D eigenvalue weighted by Gasteiger charge is -2.10. The van der Waals surface area contributed by atoms with E-state index in [0.717, 1.165) is 5.56 Å². The van der Waals surface area contributed by atoms with Crippen molar-refractivity contribution in [2.45, 2.75) is 6.42 Å². The first-order chi connectivity index (χ1) is 10.2. The molecule has 5 nitrogen and oxygen atoms in total. The van der Waals surface area contributed by atoms with Gasteiger partial charge in [-0.2, -0.15) is 5.26 Å². The van der Waals surface area contributed by atoms with Gasteiger partial charge in [0.05, 0.1) is 13.2 Å². The zero-order chi connectivity index (χ0) is 15.1. The Labute approximate surface area is 123 Å². The van der Waals surface area contributed by atoms with Crippen molar-refractivity contribution in [2.75, 3.05) is 12.4 Å². The first-order valence-corrected chi connectivity index (χ1v) is 6.46. The summed E-state index contributed by atoms with van der Waals surface area (Å²) in [4.78, 5) is 16.0. The van der Waals surface area contributed by atoms with Gasteiger partial charge in [0.1, 0.15) is 11.7 Å². The third kappa shape index (κ3) is 4.05. The summed E-state index contributed by atoms with van der Waals surface area (Å²) in [7, 11) is 1.58. The van der Waals surface area contributed by atoms with Gasteiger partial charge < -0.3 is 10.1 Å². The fraction of sp³-hybridized carbons (Fsp3) is 0.188. The molecule has 1 amide bonds. The van der Waals surface area contributed by atoms with Gasteiger partial charge in [-0.25, -0.2) is 0 Å². The van der Waals surface area contributed by atoms with Gasteiger partial charge >= 0.3 is 0 Å². The number of nitriles is 1. The van der Waals surface area contributed by atoms with Crippen LogP contribution in [0.3, 0.4) is 0 Å². The number of ether oxygens (including phenoxy) is 1. The molecule has 106 valence electrons. The van der Waals surface area contributed by atoms with Crippen molar-refractivity contribution >= 4 is 11.6 Å². The molecule has 1 atom stereocenters. The molecule has 0 bridgehead atoms. The van der Waals surface area contributed by atoms with Crippen molar-refractivity contribution in [3.05, 3.63) is 54.4 Å². The highest BCUT2D eigenvalue weighted by Gasteiger charge is 2.18. The van der Waals surface area contributed by atoms with Crippen molar-refractivity contribution in [3.8, 4) is 11.8 Å². The smallest absolute Gasteiger partial charge is 0.242 e. The van der Waals surface area contributed by atoms with Gasteiger partial charge in [-0.3, -0.25) is 9.78 Å². The van der Waals surface area contributed by atoms with Crippen molar-refractivity contribution in [1.82, 2.24) is 4.98 Å². The highest BCUT2D eigenvalue weighted by molar-refractivity contribution is 5.94. The lowest BCUT2D eigenvalue weighted by atomic mass is 10.0. The number of amides is 1. The second-order valence-corrected chi connectivity index (χ2v) is 4.46. The summed E-state index contributed by atoms with van der Waals surface area (Å²) in [6, 6.07) is 12.6. The molecule has 0 aliphatic carbocycles. The topological polar surface area (TPSA) is 75.0 Å². The largest absolute Gasteiger partial charge is 0.497 e. The molecule has 1 aromatic carbocycles. The predicted octanol–water partition coefficient (Wildman–Crippen LogP) is 2.41. The van der Waals surface area contributed by atoms with Crippen LogP contribution in [0, 0.1) is 17.2 Å². The minimum atomic E-state index is -0.741. The summed E-state index contributed by atoms with van der Waals surface area (Å²) in [5.74, 6) is -0.351. The van der Waals surface area contributed by atoms with Crippen LogP contribution < -0.4 is 10.1 Å². The molecule has 1 aromatic heterocycles. The second-order valence-electron chi connectivity index (χ2n) is 4.46. The van der Waals surface area contributed by atoms with Crippen molar-refractivity contribution in [1.29, 1.82) is 5.26 Å².